The summed E-state index contributed by atoms with van der Waals surface area (Å²) in [5, 5.41) is 0. The van der Waals surface area contributed by atoms with Crippen molar-refractivity contribution in [2.75, 3.05) is 33.9 Å². The van der Waals surface area contributed by atoms with Gasteiger partial charge in [-0.2, -0.15) is 0 Å². The van der Waals surface area contributed by atoms with Crippen molar-refractivity contribution in [3.63, 3.8) is 0 Å². The number of nitrogens with zero attached hydrogens (tertiary/aromatic N) is 1. The van der Waals surface area contributed by atoms with E-state index in [1.54, 1.807) is 7.11 Å². The predicted octanol–water partition coefficient (Wildman–Crippen LogP) is 1.26. The molecule has 0 unspecified atom stereocenters. The fourth-order valence-electron chi connectivity index (χ4n) is 1.47. The minimum Gasteiger partial charge on any atom is -0.502 e. The molecule has 1 aliphatic rings. The smallest absolute Gasteiger partial charge is 0.0906 e. The van der Waals surface area contributed by atoms with Crippen LogP contribution in [0.5, 0.6) is 0 Å². The number of hydrogen-bond acceptors (Lipinski definition) is 3. The minimum atomic E-state index is 0.412. The maximum atomic E-state index is 5.66. The first kappa shape index (κ1) is 10.5. The summed E-state index contributed by atoms with van der Waals surface area (Å²) in [6, 6.07) is 0. The maximum absolute atomic E-state index is 5.66. The Balaban J connectivity index is 2.03. The summed E-state index contributed by atoms with van der Waals surface area (Å²) in [5.74, 6) is 0.798. The Kier molecular flexibility index (Phi) is 4.25. The zero-order chi connectivity index (χ0) is 9.68. The van der Waals surface area contributed by atoms with E-state index < -0.39 is 0 Å². The number of methoxy groups -OCH3 is 1. The van der Waals surface area contributed by atoms with E-state index in [2.05, 4.69) is 18.5 Å². The number of hydrogen-bond donors (Lipinski definition) is 0. The van der Waals surface area contributed by atoms with Gasteiger partial charge in [0.05, 0.1) is 25.6 Å². The van der Waals surface area contributed by atoms with Crippen molar-refractivity contribution in [1.29, 1.82) is 0 Å². The number of rotatable bonds is 5. The van der Waals surface area contributed by atoms with Crippen molar-refractivity contribution in [3.8, 4) is 0 Å². The van der Waals surface area contributed by atoms with Crippen LogP contribution in [0.2, 0.25) is 0 Å². The lowest BCUT2D eigenvalue weighted by Crippen LogP contribution is -2.19. The van der Waals surface area contributed by atoms with Gasteiger partial charge in [0, 0.05) is 19.5 Å². The van der Waals surface area contributed by atoms with Gasteiger partial charge in [0.15, 0.2) is 0 Å². The first-order chi connectivity index (χ1) is 6.22. The summed E-state index contributed by atoms with van der Waals surface area (Å²) in [5.41, 5.74) is 0. The number of likely N-dealkylation sites (N-methyl/N-ethyl adjacent to an activating group) is 1. The van der Waals surface area contributed by atoms with Crippen LogP contribution in [0, 0.1) is 0 Å². The normalized spacial score (nSPS) is 23.4. The maximum Gasteiger partial charge on any atom is 0.0906 e. The van der Waals surface area contributed by atoms with Crippen LogP contribution in [0.15, 0.2) is 12.3 Å². The average molecular weight is 185 g/mol. The Morgan fingerprint density at radius 3 is 2.92 bits per heavy atom. The molecule has 3 nitrogen and oxygen atoms in total. The highest BCUT2D eigenvalue weighted by molar-refractivity contribution is 4.81. The van der Waals surface area contributed by atoms with Gasteiger partial charge in [-0.25, -0.2) is 0 Å². The van der Waals surface area contributed by atoms with E-state index in [9.17, 15) is 0 Å². The second-order valence-corrected chi connectivity index (χ2v) is 3.54. The van der Waals surface area contributed by atoms with Crippen LogP contribution < -0.4 is 0 Å². The fourth-order valence-corrected chi connectivity index (χ4v) is 1.47. The summed E-state index contributed by atoms with van der Waals surface area (Å²) in [6.45, 7) is 6.67. The van der Waals surface area contributed by atoms with Crippen molar-refractivity contribution in [1.82, 2.24) is 4.90 Å². The van der Waals surface area contributed by atoms with E-state index >= 15 is 0 Å². The third-order valence-corrected chi connectivity index (χ3v) is 2.37. The number of likely N-dealkylation sites (tertiary alicyclic amines) is 1. The summed E-state index contributed by atoms with van der Waals surface area (Å²) in [6.07, 6.45) is 2.36. The van der Waals surface area contributed by atoms with Crippen LogP contribution in [0.4, 0.5) is 0 Å². The SMILES string of the molecule is C=C(CCO[C@@H]1CCN(C)C1)OC. The van der Waals surface area contributed by atoms with E-state index in [1.165, 1.54) is 0 Å². The molecule has 1 fully saturated rings. The summed E-state index contributed by atoms with van der Waals surface area (Å²) in [7, 11) is 3.77. The van der Waals surface area contributed by atoms with Gasteiger partial charge in [-0.3, -0.25) is 0 Å². The van der Waals surface area contributed by atoms with Gasteiger partial charge in [-0.1, -0.05) is 6.58 Å². The summed E-state index contributed by atoms with van der Waals surface area (Å²) in [4.78, 5) is 2.29. The van der Waals surface area contributed by atoms with Gasteiger partial charge in [0.2, 0.25) is 0 Å². The fraction of sp³-hybridized carbons (Fsp3) is 0.800. The van der Waals surface area contributed by atoms with Gasteiger partial charge >= 0.3 is 0 Å². The molecule has 0 spiro atoms. The summed E-state index contributed by atoms with van der Waals surface area (Å²) >= 11 is 0. The third kappa shape index (κ3) is 3.79. The molecule has 0 aromatic heterocycles. The van der Waals surface area contributed by atoms with Gasteiger partial charge in [0.25, 0.3) is 0 Å². The van der Waals surface area contributed by atoms with Crippen LogP contribution in [-0.4, -0.2) is 44.9 Å². The molecule has 0 radical (unpaired) electrons. The van der Waals surface area contributed by atoms with Gasteiger partial charge in [0.1, 0.15) is 0 Å². The van der Waals surface area contributed by atoms with E-state index in [-0.39, 0.29) is 0 Å². The molecule has 0 amide bonds. The van der Waals surface area contributed by atoms with E-state index in [0.717, 1.165) is 38.3 Å². The molecule has 0 aliphatic carbocycles. The molecule has 76 valence electrons. The molecule has 0 aromatic rings. The van der Waals surface area contributed by atoms with E-state index in [1.807, 2.05) is 0 Å². The lowest BCUT2D eigenvalue weighted by Gasteiger charge is -2.12. The van der Waals surface area contributed by atoms with Gasteiger partial charge < -0.3 is 14.4 Å². The second-order valence-electron chi connectivity index (χ2n) is 3.54. The standard InChI is InChI=1S/C10H19NO2/c1-9(12-3)5-7-13-10-4-6-11(2)8-10/h10H,1,4-8H2,2-3H3/t10-/m1/s1. The monoisotopic (exact) mass is 185 g/mol. The van der Waals surface area contributed by atoms with Crippen molar-refractivity contribution in [3.05, 3.63) is 12.3 Å². The molecule has 1 saturated heterocycles. The Morgan fingerprint density at radius 2 is 2.38 bits per heavy atom. The quantitative estimate of drug-likeness (QED) is 0.602. The van der Waals surface area contributed by atoms with Crippen molar-refractivity contribution in [2.45, 2.75) is 18.9 Å². The molecule has 1 aliphatic heterocycles. The van der Waals surface area contributed by atoms with E-state index in [0.29, 0.717) is 6.10 Å². The number of ether oxygens (including phenoxy) is 2. The largest absolute Gasteiger partial charge is 0.502 e. The highest BCUT2D eigenvalue weighted by Gasteiger charge is 2.19. The first-order valence-corrected chi connectivity index (χ1v) is 4.74. The molecule has 13 heavy (non-hydrogen) atoms. The topological polar surface area (TPSA) is 21.7 Å². The van der Waals surface area contributed by atoms with Crippen LogP contribution in [0.3, 0.4) is 0 Å². The minimum absolute atomic E-state index is 0.412. The Morgan fingerprint density at radius 1 is 1.62 bits per heavy atom. The molecule has 3 heteroatoms. The molecular weight excluding hydrogens is 166 g/mol. The second kappa shape index (κ2) is 5.25. The van der Waals surface area contributed by atoms with E-state index in [4.69, 9.17) is 9.47 Å². The van der Waals surface area contributed by atoms with Crippen LogP contribution in [0.1, 0.15) is 12.8 Å². The van der Waals surface area contributed by atoms with Crippen molar-refractivity contribution in [2.24, 2.45) is 0 Å². The molecule has 1 heterocycles. The molecular formula is C10H19NO2. The van der Waals surface area contributed by atoms with Gasteiger partial charge in [-0.05, 0) is 13.5 Å². The molecule has 0 aromatic carbocycles. The van der Waals surface area contributed by atoms with Crippen molar-refractivity contribution >= 4 is 0 Å². The third-order valence-electron chi connectivity index (χ3n) is 2.37. The Bertz CT molecular complexity index is 170. The van der Waals surface area contributed by atoms with Crippen LogP contribution in [-0.2, 0) is 9.47 Å². The summed E-state index contributed by atoms with van der Waals surface area (Å²) < 4.78 is 10.6. The highest BCUT2D eigenvalue weighted by Crippen LogP contribution is 2.11. The highest BCUT2D eigenvalue weighted by atomic mass is 16.5. The molecule has 0 bridgehead atoms. The zero-order valence-electron chi connectivity index (χ0n) is 8.58. The molecule has 0 saturated carbocycles. The first-order valence-electron chi connectivity index (χ1n) is 4.74. The average Bonchev–Trinajstić information content (AvgIpc) is 2.51. The Hall–Kier alpha value is -0.540. The molecule has 1 atom stereocenters. The lowest BCUT2D eigenvalue weighted by atomic mass is 10.3. The van der Waals surface area contributed by atoms with Crippen molar-refractivity contribution < 1.29 is 9.47 Å². The molecule has 1 rings (SSSR count). The van der Waals surface area contributed by atoms with Crippen LogP contribution >= 0.6 is 0 Å². The van der Waals surface area contributed by atoms with Gasteiger partial charge in [-0.15, -0.1) is 0 Å². The van der Waals surface area contributed by atoms with Crippen LogP contribution in [0.25, 0.3) is 0 Å². The molecule has 0 N–H and O–H groups in total. The Labute approximate surface area is 80.3 Å². The predicted molar refractivity (Wildman–Crippen MR) is 52.6 cm³/mol. The zero-order valence-corrected chi connectivity index (χ0v) is 8.58. The lowest BCUT2D eigenvalue weighted by molar-refractivity contribution is 0.0569.